The highest BCUT2D eigenvalue weighted by Crippen LogP contribution is 2.26. The lowest BCUT2D eigenvalue weighted by Crippen LogP contribution is -2.22. The first kappa shape index (κ1) is 23.8. The lowest BCUT2D eigenvalue weighted by Gasteiger charge is -2.14. The highest BCUT2D eigenvalue weighted by molar-refractivity contribution is 5.85. The van der Waals surface area contributed by atoms with E-state index in [4.69, 9.17) is 4.74 Å². The summed E-state index contributed by atoms with van der Waals surface area (Å²) in [6.07, 6.45) is 6.66. The van der Waals surface area contributed by atoms with Gasteiger partial charge in [0.25, 0.3) is 0 Å². The summed E-state index contributed by atoms with van der Waals surface area (Å²) >= 11 is 0. The molecular weight excluding hydrogens is 440 g/mol. The molecule has 0 fully saturated rings. The summed E-state index contributed by atoms with van der Waals surface area (Å²) in [5.74, 6) is -1.64. The van der Waals surface area contributed by atoms with E-state index in [1.807, 2.05) is 72.8 Å². The van der Waals surface area contributed by atoms with Crippen LogP contribution in [0.15, 0.2) is 97.6 Å². The Morgan fingerprint density at radius 2 is 1.45 bits per heavy atom. The van der Waals surface area contributed by atoms with Crippen LogP contribution in [0.3, 0.4) is 0 Å². The fraction of sp³-hybridized carbons (Fsp3) is 0.115. The van der Waals surface area contributed by atoms with Crippen molar-refractivity contribution in [3.63, 3.8) is 0 Å². The SMILES string of the molecule is Cl.O=C(CC(C(=O)O)n1ccc(-c2ccc(-c3ccncc3)cc2)c1)OCc1ccccc1. The molecule has 168 valence electrons. The Balaban J connectivity index is 0.00000306. The molecule has 0 aliphatic carbocycles. The predicted octanol–water partition coefficient (Wildman–Crippen LogP) is 5.40. The quantitative estimate of drug-likeness (QED) is 0.354. The first-order valence-corrected chi connectivity index (χ1v) is 10.2. The van der Waals surface area contributed by atoms with E-state index >= 15 is 0 Å². The summed E-state index contributed by atoms with van der Waals surface area (Å²) in [7, 11) is 0. The van der Waals surface area contributed by atoms with Crippen LogP contribution >= 0.6 is 12.4 Å². The first-order chi connectivity index (χ1) is 15.6. The summed E-state index contributed by atoms with van der Waals surface area (Å²) in [5, 5.41) is 9.67. The fourth-order valence-electron chi connectivity index (χ4n) is 3.45. The summed E-state index contributed by atoms with van der Waals surface area (Å²) in [6, 6.07) is 22.0. The molecule has 0 aliphatic rings. The number of benzene rings is 2. The highest BCUT2D eigenvalue weighted by Gasteiger charge is 2.24. The number of carbonyl (C=O) groups is 2. The number of ether oxygens (including phenoxy) is 1. The van der Waals surface area contributed by atoms with E-state index in [2.05, 4.69) is 4.98 Å². The zero-order valence-corrected chi connectivity index (χ0v) is 18.5. The second-order valence-electron chi connectivity index (χ2n) is 7.37. The zero-order chi connectivity index (χ0) is 22.3. The smallest absolute Gasteiger partial charge is 0.327 e. The summed E-state index contributed by atoms with van der Waals surface area (Å²) in [6.45, 7) is 0.118. The Morgan fingerprint density at radius 3 is 2.09 bits per heavy atom. The molecule has 0 aliphatic heterocycles. The number of carbonyl (C=O) groups excluding carboxylic acids is 1. The Morgan fingerprint density at radius 1 is 0.848 bits per heavy atom. The number of hydrogen-bond donors (Lipinski definition) is 1. The number of nitrogens with zero attached hydrogens (tertiary/aromatic N) is 2. The van der Waals surface area contributed by atoms with Crippen LogP contribution in [0, 0.1) is 0 Å². The maximum atomic E-state index is 12.3. The standard InChI is InChI=1S/C26H22N2O4.ClH/c29-25(32-18-19-4-2-1-3-5-19)16-24(26(30)31)28-15-12-23(17-28)21-8-6-20(7-9-21)22-10-13-27-14-11-22;/h1-15,17,24H,16,18H2,(H,30,31);1H. The average molecular weight is 463 g/mol. The van der Waals surface area contributed by atoms with Gasteiger partial charge >= 0.3 is 11.9 Å². The second kappa shape index (κ2) is 11.1. The molecule has 0 spiro atoms. The van der Waals surface area contributed by atoms with Crippen LogP contribution in [0.25, 0.3) is 22.3 Å². The average Bonchev–Trinajstić information content (AvgIpc) is 3.32. The molecule has 4 rings (SSSR count). The maximum Gasteiger partial charge on any atom is 0.327 e. The van der Waals surface area contributed by atoms with Crippen molar-refractivity contribution in [3.8, 4) is 22.3 Å². The van der Waals surface area contributed by atoms with E-state index in [9.17, 15) is 14.7 Å². The van der Waals surface area contributed by atoms with Gasteiger partial charge in [0.15, 0.2) is 0 Å². The number of rotatable bonds is 8. The van der Waals surface area contributed by atoms with Gasteiger partial charge in [-0.1, -0.05) is 54.6 Å². The molecule has 1 atom stereocenters. The number of aliphatic carboxylic acids is 1. The molecule has 0 saturated heterocycles. The van der Waals surface area contributed by atoms with Crippen LogP contribution in [-0.4, -0.2) is 26.6 Å². The van der Waals surface area contributed by atoms with Crippen LogP contribution in [0.1, 0.15) is 18.0 Å². The molecule has 2 heterocycles. The highest BCUT2D eigenvalue weighted by atomic mass is 35.5. The number of hydrogen-bond acceptors (Lipinski definition) is 4. The van der Waals surface area contributed by atoms with Crippen LogP contribution in [0.5, 0.6) is 0 Å². The lowest BCUT2D eigenvalue weighted by atomic mass is 10.0. The van der Waals surface area contributed by atoms with Gasteiger partial charge in [-0.05, 0) is 46.0 Å². The van der Waals surface area contributed by atoms with E-state index in [1.165, 1.54) is 4.57 Å². The van der Waals surface area contributed by atoms with Crippen LogP contribution in [-0.2, 0) is 20.9 Å². The van der Waals surface area contributed by atoms with E-state index < -0.39 is 18.0 Å². The van der Waals surface area contributed by atoms with Gasteiger partial charge in [-0.25, -0.2) is 4.79 Å². The molecular formula is C26H23ClN2O4. The number of pyridine rings is 1. The van der Waals surface area contributed by atoms with Crippen molar-refractivity contribution in [1.29, 1.82) is 0 Å². The molecule has 1 unspecified atom stereocenters. The summed E-state index contributed by atoms with van der Waals surface area (Å²) in [4.78, 5) is 28.1. The van der Waals surface area contributed by atoms with Gasteiger partial charge in [0.1, 0.15) is 12.6 Å². The lowest BCUT2D eigenvalue weighted by molar-refractivity contribution is -0.151. The number of aromatic nitrogens is 2. The third-order valence-electron chi connectivity index (χ3n) is 5.19. The van der Waals surface area contributed by atoms with E-state index in [0.29, 0.717) is 0 Å². The van der Waals surface area contributed by atoms with Crippen molar-refractivity contribution in [1.82, 2.24) is 9.55 Å². The second-order valence-corrected chi connectivity index (χ2v) is 7.37. The van der Waals surface area contributed by atoms with E-state index in [0.717, 1.165) is 27.8 Å². The van der Waals surface area contributed by atoms with Crippen LogP contribution in [0.2, 0.25) is 0 Å². The van der Waals surface area contributed by atoms with Crippen molar-refractivity contribution in [3.05, 3.63) is 103 Å². The Labute approximate surface area is 197 Å². The van der Waals surface area contributed by atoms with E-state index in [-0.39, 0.29) is 25.4 Å². The Hall–Kier alpha value is -3.90. The maximum absolute atomic E-state index is 12.3. The van der Waals surface area contributed by atoms with Gasteiger partial charge in [-0.3, -0.25) is 9.78 Å². The largest absolute Gasteiger partial charge is 0.480 e. The summed E-state index contributed by atoms with van der Waals surface area (Å²) in [5.41, 5.74) is 4.82. The van der Waals surface area contributed by atoms with Gasteiger partial charge in [-0.15, -0.1) is 12.4 Å². The molecule has 0 amide bonds. The molecule has 1 N–H and O–H groups in total. The van der Waals surface area contributed by atoms with Crippen molar-refractivity contribution in [2.24, 2.45) is 0 Å². The molecule has 33 heavy (non-hydrogen) atoms. The number of carboxylic acids is 1. The molecule has 6 nitrogen and oxygen atoms in total. The minimum Gasteiger partial charge on any atom is -0.480 e. The van der Waals surface area contributed by atoms with Gasteiger partial charge < -0.3 is 14.4 Å². The monoisotopic (exact) mass is 462 g/mol. The minimum absolute atomic E-state index is 0. The van der Waals surface area contributed by atoms with Crippen molar-refractivity contribution in [2.75, 3.05) is 0 Å². The third kappa shape index (κ3) is 6.08. The van der Waals surface area contributed by atoms with Crippen LogP contribution in [0.4, 0.5) is 0 Å². The van der Waals surface area contributed by atoms with Gasteiger partial charge in [0.2, 0.25) is 0 Å². The molecule has 2 aromatic heterocycles. The van der Waals surface area contributed by atoms with Crippen molar-refractivity contribution in [2.45, 2.75) is 19.1 Å². The zero-order valence-electron chi connectivity index (χ0n) is 17.7. The normalized spacial score (nSPS) is 11.3. The molecule has 0 saturated carbocycles. The topological polar surface area (TPSA) is 81.4 Å². The Kier molecular flexibility index (Phi) is 8.00. The summed E-state index contributed by atoms with van der Waals surface area (Å²) < 4.78 is 6.80. The number of halogens is 1. The van der Waals surface area contributed by atoms with Crippen LogP contribution < -0.4 is 0 Å². The molecule has 4 aromatic rings. The predicted molar refractivity (Wildman–Crippen MR) is 128 cm³/mol. The molecule has 2 aromatic carbocycles. The molecule has 0 bridgehead atoms. The number of esters is 1. The molecule has 7 heteroatoms. The first-order valence-electron chi connectivity index (χ1n) is 10.2. The fourth-order valence-corrected chi connectivity index (χ4v) is 3.45. The van der Waals surface area contributed by atoms with Crippen molar-refractivity contribution >= 4 is 24.3 Å². The minimum atomic E-state index is -1.09. The van der Waals surface area contributed by atoms with Gasteiger partial charge in [-0.2, -0.15) is 0 Å². The Bertz CT molecular complexity index is 1190. The van der Waals surface area contributed by atoms with E-state index in [1.54, 1.807) is 24.8 Å². The van der Waals surface area contributed by atoms with Gasteiger partial charge in [0.05, 0.1) is 6.42 Å². The number of carboxylic acid groups (broad SMARTS) is 1. The van der Waals surface area contributed by atoms with Gasteiger partial charge in [0, 0.05) is 24.8 Å². The third-order valence-corrected chi connectivity index (χ3v) is 5.19. The van der Waals surface area contributed by atoms with Crippen molar-refractivity contribution < 1.29 is 19.4 Å². The molecule has 0 radical (unpaired) electrons.